The molecular weight excluding hydrogens is 284 g/mol. The van der Waals surface area contributed by atoms with Crippen molar-refractivity contribution >= 4 is 29.0 Å². The molecule has 1 aliphatic rings. The number of carbonyl (C=O) groups excluding carboxylic acids is 2. The van der Waals surface area contributed by atoms with Gasteiger partial charge in [0.1, 0.15) is 0 Å². The molecule has 21 heavy (non-hydrogen) atoms. The normalized spacial score (nSPS) is 17.0. The lowest BCUT2D eigenvalue weighted by Gasteiger charge is -2.12. The summed E-state index contributed by atoms with van der Waals surface area (Å²) in [5.41, 5.74) is 2.89. The lowest BCUT2D eigenvalue weighted by atomic mass is 10.1. The molecule has 0 saturated carbocycles. The number of benzene rings is 1. The molecule has 0 bridgehead atoms. The summed E-state index contributed by atoms with van der Waals surface area (Å²) in [6.45, 7) is 2.30. The van der Waals surface area contributed by atoms with Crippen LogP contribution in [-0.2, 0) is 11.3 Å². The van der Waals surface area contributed by atoms with Crippen LogP contribution in [0, 0.1) is 6.92 Å². The highest BCUT2D eigenvalue weighted by Gasteiger charge is 2.34. The van der Waals surface area contributed by atoms with E-state index in [-0.39, 0.29) is 11.1 Å². The van der Waals surface area contributed by atoms with Crippen LogP contribution >= 0.6 is 11.8 Å². The molecule has 1 aromatic heterocycles. The van der Waals surface area contributed by atoms with Crippen molar-refractivity contribution in [3.8, 4) is 0 Å². The molecule has 1 fully saturated rings. The van der Waals surface area contributed by atoms with Crippen molar-refractivity contribution in [3.63, 3.8) is 0 Å². The SMILES string of the molecule is Cc1cccc(CN2C(=O)S/C(=C\c3ccc[nH]3)C2=O)c1. The minimum absolute atomic E-state index is 0.223. The van der Waals surface area contributed by atoms with Gasteiger partial charge in [0, 0.05) is 11.9 Å². The third kappa shape index (κ3) is 2.92. The molecule has 2 aromatic rings. The first-order valence-corrected chi connectivity index (χ1v) is 7.39. The lowest BCUT2D eigenvalue weighted by Crippen LogP contribution is -2.27. The predicted octanol–water partition coefficient (Wildman–Crippen LogP) is 3.56. The molecule has 0 atom stereocenters. The molecule has 106 valence electrons. The minimum atomic E-state index is -0.235. The van der Waals surface area contributed by atoms with Gasteiger partial charge in [-0.05, 0) is 42.5 Å². The highest BCUT2D eigenvalue weighted by atomic mass is 32.2. The van der Waals surface area contributed by atoms with Gasteiger partial charge in [-0.2, -0.15) is 0 Å². The summed E-state index contributed by atoms with van der Waals surface area (Å²) in [4.78, 5) is 29.1. The number of aromatic amines is 1. The van der Waals surface area contributed by atoms with Gasteiger partial charge >= 0.3 is 0 Å². The fourth-order valence-electron chi connectivity index (χ4n) is 2.20. The van der Waals surface area contributed by atoms with Crippen LogP contribution in [0.4, 0.5) is 4.79 Å². The average molecular weight is 298 g/mol. The van der Waals surface area contributed by atoms with Gasteiger partial charge in [0.15, 0.2) is 0 Å². The maximum absolute atomic E-state index is 12.3. The first kappa shape index (κ1) is 13.7. The van der Waals surface area contributed by atoms with E-state index in [1.54, 1.807) is 12.3 Å². The second-order valence-electron chi connectivity index (χ2n) is 4.88. The number of nitrogens with zero attached hydrogens (tertiary/aromatic N) is 1. The smallest absolute Gasteiger partial charge is 0.293 e. The number of aryl methyl sites for hydroxylation is 1. The number of rotatable bonds is 3. The lowest BCUT2D eigenvalue weighted by molar-refractivity contribution is -0.123. The van der Waals surface area contributed by atoms with E-state index in [1.165, 1.54) is 4.90 Å². The molecule has 2 heterocycles. The van der Waals surface area contributed by atoms with Gasteiger partial charge in [-0.1, -0.05) is 29.8 Å². The summed E-state index contributed by atoms with van der Waals surface area (Å²) >= 11 is 0.982. The van der Waals surface area contributed by atoms with Gasteiger partial charge < -0.3 is 4.98 Å². The van der Waals surface area contributed by atoms with Crippen molar-refractivity contribution in [2.45, 2.75) is 13.5 Å². The summed E-state index contributed by atoms with van der Waals surface area (Å²) in [7, 11) is 0. The number of hydrogen-bond acceptors (Lipinski definition) is 3. The summed E-state index contributed by atoms with van der Waals surface area (Å²) in [6, 6.07) is 11.5. The van der Waals surface area contributed by atoms with Crippen LogP contribution in [0.15, 0.2) is 47.5 Å². The van der Waals surface area contributed by atoms with E-state index < -0.39 is 0 Å². The maximum atomic E-state index is 12.3. The van der Waals surface area contributed by atoms with Crippen molar-refractivity contribution < 1.29 is 9.59 Å². The fourth-order valence-corrected chi connectivity index (χ4v) is 3.03. The largest absolute Gasteiger partial charge is 0.362 e. The Hall–Kier alpha value is -2.27. The second kappa shape index (κ2) is 5.61. The molecule has 1 N–H and O–H groups in total. The number of H-pyrrole nitrogens is 1. The molecule has 1 aliphatic heterocycles. The Morgan fingerprint density at radius 3 is 2.81 bits per heavy atom. The van der Waals surface area contributed by atoms with E-state index in [0.29, 0.717) is 11.4 Å². The van der Waals surface area contributed by atoms with Crippen LogP contribution < -0.4 is 0 Å². The number of hydrogen-bond donors (Lipinski definition) is 1. The number of amides is 2. The summed E-state index contributed by atoms with van der Waals surface area (Å²) in [5, 5.41) is -0.223. The van der Waals surface area contributed by atoms with Crippen LogP contribution in [0.1, 0.15) is 16.8 Å². The Kier molecular flexibility index (Phi) is 3.66. The molecule has 5 heteroatoms. The molecule has 2 amide bonds. The Bertz CT molecular complexity index is 720. The van der Waals surface area contributed by atoms with Crippen molar-refractivity contribution in [1.82, 2.24) is 9.88 Å². The van der Waals surface area contributed by atoms with Gasteiger partial charge in [-0.25, -0.2) is 0 Å². The molecular formula is C16H14N2O2S. The first-order chi connectivity index (χ1) is 10.1. The molecule has 0 aliphatic carbocycles. The van der Waals surface area contributed by atoms with Crippen LogP contribution in [-0.4, -0.2) is 21.0 Å². The molecule has 0 radical (unpaired) electrons. The molecule has 3 rings (SSSR count). The van der Waals surface area contributed by atoms with Crippen LogP contribution in [0.3, 0.4) is 0 Å². The van der Waals surface area contributed by atoms with E-state index in [0.717, 1.165) is 28.6 Å². The van der Waals surface area contributed by atoms with Gasteiger partial charge in [-0.15, -0.1) is 0 Å². The Morgan fingerprint density at radius 1 is 1.24 bits per heavy atom. The van der Waals surface area contributed by atoms with E-state index in [2.05, 4.69) is 4.98 Å². The summed E-state index contributed by atoms with van der Waals surface area (Å²) < 4.78 is 0. The zero-order chi connectivity index (χ0) is 14.8. The monoisotopic (exact) mass is 298 g/mol. The summed E-state index contributed by atoms with van der Waals surface area (Å²) in [6.07, 6.45) is 3.49. The molecule has 1 aromatic carbocycles. The molecule has 4 nitrogen and oxygen atoms in total. The minimum Gasteiger partial charge on any atom is -0.362 e. The van der Waals surface area contributed by atoms with Crippen LogP contribution in [0.25, 0.3) is 6.08 Å². The van der Waals surface area contributed by atoms with Gasteiger partial charge in [0.05, 0.1) is 11.4 Å². The average Bonchev–Trinajstić information content (AvgIpc) is 3.04. The predicted molar refractivity (Wildman–Crippen MR) is 83.5 cm³/mol. The molecule has 0 spiro atoms. The van der Waals surface area contributed by atoms with Crippen molar-refractivity contribution in [1.29, 1.82) is 0 Å². The van der Waals surface area contributed by atoms with Gasteiger partial charge in [0.25, 0.3) is 11.1 Å². The van der Waals surface area contributed by atoms with E-state index in [9.17, 15) is 9.59 Å². The third-order valence-electron chi connectivity index (χ3n) is 3.21. The van der Waals surface area contributed by atoms with Crippen molar-refractivity contribution in [3.05, 3.63) is 64.3 Å². The fraction of sp³-hybridized carbons (Fsp3) is 0.125. The third-order valence-corrected chi connectivity index (χ3v) is 4.11. The first-order valence-electron chi connectivity index (χ1n) is 6.58. The highest BCUT2D eigenvalue weighted by Crippen LogP contribution is 2.33. The quantitative estimate of drug-likeness (QED) is 0.882. The maximum Gasteiger partial charge on any atom is 0.293 e. The van der Waals surface area contributed by atoms with Crippen molar-refractivity contribution in [2.24, 2.45) is 0 Å². The van der Waals surface area contributed by atoms with E-state index in [4.69, 9.17) is 0 Å². The van der Waals surface area contributed by atoms with Crippen LogP contribution in [0.2, 0.25) is 0 Å². The number of thioether (sulfide) groups is 1. The van der Waals surface area contributed by atoms with Gasteiger partial charge in [-0.3, -0.25) is 14.5 Å². The van der Waals surface area contributed by atoms with Gasteiger partial charge in [0.2, 0.25) is 0 Å². The number of aromatic nitrogens is 1. The standard InChI is InChI=1S/C16H14N2O2S/c1-11-4-2-5-12(8-11)10-18-15(19)14(21-16(18)20)9-13-6-3-7-17-13/h2-9,17H,10H2,1H3/b14-9-. The zero-order valence-corrected chi connectivity index (χ0v) is 12.3. The molecule has 0 unspecified atom stereocenters. The Morgan fingerprint density at radius 2 is 2.10 bits per heavy atom. The van der Waals surface area contributed by atoms with Crippen LogP contribution in [0.5, 0.6) is 0 Å². The number of carbonyl (C=O) groups is 2. The second-order valence-corrected chi connectivity index (χ2v) is 5.88. The topological polar surface area (TPSA) is 53.2 Å². The summed E-state index contributed by atoms with van der Waals surface area (Å²) in [5.74, 6) is -0.235. The zero-order valence-electron chi connectivity index (χ0n) is 11.5. The Balaban J connectivity index is 1.81. The molecule has 1 saturated heterocycles. The number of imide groups is 1. The Labute approximate surface area is 126 Å². The van der Waals surface area contributed by atoms with E-state index >= 15 is 0 Å². The van der Waals surface area contributed by atoms with E-state index in [1.807, 2.05) is 43.3 Å². The highest BCUT2D eigenvalue weighted by molar-refractivity contribution is 8.18. The van der Waals surface area contributed by atoms with Crippen molar-refractivity contribution in [2.75, 3.05) is 0 Å². The number of nitrogens with one attached hydrogen (secondary N) is 1.